The normalized spacial score (nSPS) is 11.0. The molecule has 0 fully saturated rings. The molecule has 2 aromatic heterocycles. The molecule has 1 N–H and O–H groups in total. The van der Waals surface area contributed by atoms with Crippen molar-refractivity contribution in [2.24, 2.45) is 0 Å². The number of nitrogens with zero attached hydrogens (tertiary/aromatic N) is 4. The maximum absolute atomic E-state index is 13.0. The molecule has 4 rings (SSSR count). The molecule has 9 nitrogen and oxygen atoms in total. The number of amides is 1. The van der Waals surface area contributed by atoms with E-state index in [1.807, 2.05) is 0 Å². The summed E-state index contributed by atoms with van der Waals surface area (Å²) in [5.74, 6) is 0.223. The molecule has 0 bridgehead atoms. The number of ether oxygens (including phenoxy) is 2. The van der Waals surface area contributed by atoms with Gasteiger partial charge in [0.15, 0.2) is 17.1 Å². The predicted molar refractivity (Wildman–Crippen MR) is 106 cm³/mol. The minimum Gasteiger partial charge on any atom is -0.493 e. The highest BCUT2D eigenvalue weighted by atomic mass is 19.1. The number of hydrogen-bond acceptors (Lipinski definition) is 6. The number of methoxy groups -OCH3 is 2. The van der Waals surface area contributed by atoms with Crippen LogP contribution in [0.4, 0.5) is 4.39 Å². The molecule has 0 unspecified atom stereocenters. The van der Waals surface area contributed by atoms with E-state index in [4.69, 9.17) is 9.47 Å². The molecule has 1 amide bonds. The zero-order valence-electron chi connectivity index (χ0n) is 16.3. The van der Waals surface area contributed by atoms with Crippen molar-refractivity contribution in [2.75, 3.05) is 14.2 Å². The van der Waals surface area contributed by atoms with Crippen molar-refractivity contribution in [1.29, 1.82) is 0 Å². The van der Waals surface area contributed by atoms with Gasteiger partial charge in [-0.25, -0.2) is 23.3 Å². The van der Waals surface area contributed by atoms with Gasteiger partial charge in [0, 0.05) is 18.0 Å². The fourth-order valence-electron chi connectivity index (χ4n) is 3.08. The number of hydrogen-bond donors (Lipinski definition) is 1. The molecule has 154 valence electrons. The van der Waals surface area contributed by atoms with Gasteiger partial charge in [-0.05, 0) is 23.8 Å². The third kappa shape index (κ3) is 3.54. The lowest BCUT2D eigenvalue weighted by Crippen LogP contribution is -2.32. The first-order valence-electron chi connectivity index (χ1n) is 9.01. The number of aromatic nitrogens is 4. The van der Waals surface area contributed by atoms with E-state index in [0.717, 1.165) is 10.2 Å². The van der Waals surface area contributed by atoms with Crippen molar-refractivity contribution < 1.29 is 18.7 Å². The summed E-state index contributed by atoms with van der Waals surface area (Å²) < 4.78 is 25.9. The van der Waals surface area contributed by atoms with E-state index in [0.29, 0.717) is 28.0 Å². The second kappa shape index (κ2) is 7.82. The van der Waals surface area contributed by atoms with Gasteiger partial charge in [-0.1, -0.05) is 12.1 Å². The number of carbonyl (C=O) groups excluding carboxylic acids is 1. The van der Waals surface area contributed by atoms with Gasteiger partial charge >= 0.3 is 5.69 Å². The van der Waals surface area contributed by atoms with Crippen LogP contribution in [0.3, 0.4) is 0 Å². The Morgan fingerprint density at radius 2 is 1.83 bits per heavy atom. The van der Waals surface area contributed by atoms with Crippen LogP contribution in [-0.2, 0) is 17.9 Å². The van der Waals surface area contributed by atoms with Crippen molar-refractivity contribution in [3.05, 3.63) is 64.6 Å². The summed E-state index contributed by atoms with van der Waals surface area (Å²) in [6, 6.07) is 9.15. The van der Waals surface area contributed by atoms with E-state index in [1.165, 1.54) is 37.1 Å². The van der Waals surface area contributed by atoms with Gasteiger partial charge in [0.1, 0.15) is 18.7 Å². The summed E-state index contributed by atoms with van der Waals surface area (Å²) in [6.07, 6.45) is 1.35. The van der Waals surface area contributed by atoms with Crippen LogP contribution in [-0.4, -0.2) is 39.3 Å². The van der Waals surface area contributed by atoms with E-state index >= 15 is 0 Å². The molecule has 0 aliphatic heterocycles. The maximum atomic E-state index is 13.0. The highest BCUT2D eigenvalue weighted by molar-refractivity contribution is 5.93. The van der Waals surface area contributed by atoms with Gasteiger partial charge in [0.25, 0.3) is 0 Å². The summed E-state index contributed by atoms with van der Waals surface area (Å²) in [4.78, 5) is 29.2. The Morgan fingerprint density at radius 3 is 2.53 bits per heavy atom. The largest absolute Gasteiger partial charge is 0.493 e. The molecule has 0 spiro atoms. The summed E-state index contributed by atoms with van der Waals surface area (Å²) >= 11 is 0. The molecule has 2 aromatic carbocycles. The van der Waals surface area contributed by atoms with Gasteiger partial charge in [-0.15, -0.1) is 5.10 Å². The molecule has 30 heavy (non-hydrogen) atoms. The molecule has 0 atom stereocenters. The zero-order chi connectivity index (χ0) is 21.3. The molecule has 2 heterocycles. The molecule has 4 aromatic rings. The second-order valence-corrected chi connectivity index (χ2v) is 6.51. The van der Waals surface area contributed by atoms with Gasteiger partial charge in [0.2, 0.25) is 5.91 Å². The molecule has 0 aliphatic carbocycles. The summed E-state index contributed by atoms with van der Waals surface area (Å²) in [5, 5.41) is 7.57. The number of benzene rings is 2. The van der Waals surface area contributed by atoms with Crippen LogP contribution in [0.25, 0.3) is 16.6 Å². The monoisotopic (exact) mass is 411 g/mol. The van der Waals surface area contributed by atoms with Crippen molar-refractivity contribution in [2.45, 2.75) is 13.1 Å². The standard InChI is InChI=1S/C20H18FN5O4/c1-29-16-7-14-15(8-17(16)30-2)23-11-25-19(14)24-26(20(25)28)10-18(27)22-9-12-3-5-13(21)6-4-12/h3-8,11H,9-10H2,1-2H3,(H,22,27). The third-order valence-corrected chi connectivity index (χ3v) is 4.62. The Bertz CT molecular complexity index is 1300. The van der Waals surface area contributed by atoms with Gasteiger partial charge in [0.05, 0.1) is 19.7 Å². The minimum absolute atomic E-state index is 0.211. The highest BCUT2D eigenvalue weighted by Crippen LogP contribution is 2.32. The number of nitrogens with one attached hydrogen (secondary N) is 1. The van der Waals surface area contributed by atoms with Gasteiger partial charge < -0.3 is 14.8 Å². The van der Waals surface area contributed by atoms with E-state index in [9.17, 15) is 14.0 Å². The molecular weight excluding hydrogens is 393 g/mol. The van der Waals surface area contributed by atoms with Crippen molar-refractivity contribution in [3.8, 4) is 11.5 Å². The Hall–Kier alpha value is -3.95. The smallest absolute Gasteiger partial charge is 0.352 e. The van der Waals surface area contributed by atoms with Crippen LogP contribution >= 0.6 is 0 Å². The van der Waals surface area contributed by atoms with Crippen molar-refractivity contribution in [3.63, 3.8) is 0 Å². The van der Waals surface area contributed by atoms with Gasteiger partial charge in [-0.2, -0.15) is 0 Å². The predicted octanol–water partition coefficient (Wildman–Crippen LogP) is 1.52. The topological polar surface area (TPSA) is 99.8 Å². The van der Waals surface area contributed by atoms with Crippen molar-refractivity contribution >= 4 is 22.5 Å². The average molecular weight is 411 g/mol. The number of carbonyl (C=O) groups is 1. The molecule has 0 saturated heterocycles. The first-order chi connectivity index (χ1) is 14.5. The first-order valence-corrected chi connectivity index (χ1v) is 9.01. The van der Waals surface area contributed by atoms with Crippen molar-refractivity contribution in [1.82, 2.24) is 24.5 Å². The summed E-state index contributed by atoms with van der Waals surface area (Å²) in [6.45, 7) is -0.0563. The second-order valence-electron chi connectivity index (χ2n) is 6.51. The van der Waals surface area contributed by atoms with Crippen LogP contribution in [0.1, 0.15) is 5.56 Å². The molecule has 0 radical (unpaired) electrons. The fraction of sp³-hybridized carbons (Fsp3) is 0.200. The Balaban J connectivity index is 1.62. The molecule has 0 saturated carbocycles. The fourth-order valence-corrected chi connectivity index (χ4v) is 3.08. The zero-order valence-corrected chi connectivity index (χ0v) is 16.3. The maximum Gasteiger partial charge on any atom is 0.352 e. The van der Waals surface area contributed by atoms with Crippen LogP contribution in [0.2, 0.25) is 0 Å². The Kier molecular flexibility index (Phi) is 5.05. The lowest BCUT2D eigenvalue weighted by molar-refractivity contribution is -0.122. The molecular formula is C20H18FN5O4. The first kappa shape index (κ1) is 19.4. The summed E-state index contributed by atoms with van der Waals surface area (Å²) in [7, 11) is 3.03. The number of halogens is 1. The average Bonchev–Trinajstić information content (AvgIpc) is 3.07. The number of rotatable bonds is 6. The van der Waals surface area contributed by atoms with Crippen LogP contribution < -0.4 is 20.5 Å². The Morgan fingerprint density at radius 1 is 1.13 bits per heavy atom. The minimum atomic E-state index is -0.494. The third-order valence-electron chi connectivity index (χ3n) is 4.62. The van der Waals surface area contributed by atoms with E-state index in [1.54, 1.807) is 24.3 Å². The van der Waals surface area contributed by atoms with Crippen LogP contribution in [0.5, 0.6) is 11.5 Å². The van der Waals surface area contributed by atoms with Gasteiger partial charge in [-0.3, -0.25) is 4.79 Å². The Labute approximate surface area is 169 Å². The van der Waals surface area contributed by atoms with E-state index in [2.05, 4.69) is 15.4 Å². The highest BCUT2D eigenvalue weighted by Gasteiger charge is 2.16. The lowest BCUT2D eigenvalue weighted by atomic mass is 10.2. The quantitative estimate of drug-likeness (QED) is 0.516. The van der Waals surface area contributed by atoms with Crippen LogP contribution in [0, 0.1) is 5.82 Å². The summed E-state index contributed by atoms with van der Waals surface area (Å²) in [5.41, 5.74) is 1.16. The molecule has 0 aliphatic rings. The lowest BCUT2D eigenvalue weighted by Gasteiger charge is -2.08. The van der Waals surface area contributed by atoms with E-state index < -0.39 is 11.6 Å². The van der Waals surface area contributed by atoms with E-state index in [-0.39, 0.29) is 18.9 Å². The number of fused-ring (bicyclic) bond motifs is 3. The van der Waals surface area contributed by atoms with Crippen LogP contribution in [0.15, 0.2) is 47.5 Å². The molecule has 10 heteroatoms. The SMILES string of the molecule is COc1cc2ncn3c(=O)n(CC(=O)NCc4ccc(F)cc4)nc3c2cc1OC.